The maximum absolute atomic E-state index is 4.09. The van der Waals surface area contributed by atoms with E-state index in [-0.39, 0.29) is 0 Å². The topological polar surface area (TPSA) is 71.2 Å². The summed E-state index contributed by atoms with van der Waals surface area (Å²) in [5.41, 5.74) is 0.648. The molecular formula is C11H19N7. The van der Waals surface area contributed by atoms with Crippen molar-refractivity contribution in [3.63, 3.8) is 0 Å². The summed E-state index contributed by atoms with van der Waals surface area (Å²) >= 11 is 0. The van der Waals surface area contributed by atoms with Crippen LogP contribution < -0.4 is 5.32 Å². The van der Waals surface area contributed by atoms with Gasteiger partial charge in [-0.25, -0.2) is 0 Å². The standard InChI is InChI=1S/C11H19N7/c1-4-9(2)17(3)6-5-13-10-7-12-8-11-14-15-16-18(10)11/h7-9,13H,4-6H2,1-3H3. The highest BCUT2D eigenvalue weighted by molar-refractivity contribution is 5.43. The molecule has 2 rings (SSSR count). The van der Waals surface area contributed by atoms with Crippen LogP contribution >= 0.6 is 0 Å². The molecule has 1 atom stereocenters. The van der Waals surface area contributed by atoms with Gasteiger partial charge in [-0.05, 0) is 30.8 Å². The predicted molar refractivity (Wildman–Crippen MR) is 69.4 cm³/mol. The van der Waals surface area contributed by atoms with Gasteiger partial charge in [0, 0.05) is 19.1 Å². The number of anilines is 1. The third kappa shape index (κ3) is 2.73. The molecule has 1 unspecified atom stereocenters. The number of likely N-dealkylation sites (N-methyl/N-ethyl adjacent to an activating group) is 1. The van der Waals surface area contributed by atoms with Crippen molar-refractivity contribution in [3.05, 3.63) is 12.4 Å². The summed E-state index contributed by atoms with van der Waals surface area (Å²) in [6.45, 7) is 6.22. The van der Waals surface area contributed by atoms with Crippen LogP contribution in [0.5, 0.6) is 0 Å². The molecule has 18 heavy (non-hydrogen) atoms. The number of rotatable bonds is 6. The number of nitrogens with one attached hydrogen (secondary N) is 1. The van der Waals surface area contributed by atoms with E-state index in [0.29, 0.717) is 11.7 Å². The second-order valence-corrected chi connectivity index (χ2v) is 4.41. The number of aromatic nitrogens is 5. The summed E-state index contributed by atoms with van der Waals surface area (Å²) in [6.07, 6.45) is 4.52. The van der Waals surface area contributed by atoms with Crippen LogP contribution in [-0.2, 0) is 0 Å². The van der Waals surface area contributed by atoms with E-state index in [1.807, 2.05) is 0 Å². The third-order valence-electron chi connectivity index (χ3n) is 3.22. The Morgan fingerprint density at radius 3 is 3.06 bits per heavy atom. The van der Waals surface area contributed by atoms with E-state index in [0.717, 1.165) is 25.3 Å². The minimum atomic E-state index is 0.591. The van der Waals surface area contributed by atoms with Crippen LogP contribution in [0.3, 0.4) is 0 Å². The molecule has 0 amide bonds. The summed E-state index contributed by atoms with van der Waals surface area (Å²) in [6, 6.07) is 0.591. The zero-order chi connectivity index (χ0) is 13.0. The summed E-state index contributed by atoms with van der Waals surface area (Å²) in [4.78, 5) is 6.41. The molecule has 1 N–H and O–H groups in total. The molecule has 0 saturated heterocycles. The van der Waals surface area contributed by atoms with Crippen molar-refractivity contribution in [3.8, 4) is 0 Å². The molecular weight excluding hydrogens is 230 g/mol. The van der Waals surface area contributed by atoms with Gasteiger partial charge < -0.3 is 10.2 Å². The zero-order valence-electron chi connectivity index (χ0n) is 11.0. The average Bonchev–Trinajstić information content (AvgIpc) is 2.86. The van der Waals surface area contributed by atoms with Crippen LogP contribution in [0, 0.1) is 0 Å². The number of hydrogen-bond acceptors (Lipinski definition) is 6. The van der Waals surface area contributed by atoms with Crippen molar-refractivity contribution < 1.29 is 0 Å². The van der Waals surface area contributed by atoms with Crippen molar-refractivity contribution >= 4 is 11.5 Å². The molecule has 2 aromatic heterocycles. The molecule has 7 heteroatoms. The Hall–Kier alpha value is -1.76. The smallest absolute Gasteiger partial charge is 0.199 e. The number of hydrogen-bond donors (Lipinski definition) is 1. The Morgan fingerprint density at radius 2 is 2.28 bits per heavy atom. The molecule has 0 spiro atoms. The second kappa shape index (κ2) is 5.72. The zero-order valence-corrected chi connectivity index (χ0v) is 11.0. The van der Waals surface area contributed by atoms with E-state index in [9.17, 15) is 0 Å². The fraction of sp³-hybridized carbons (Fsp3) is 0.636. The fourth-order valence-electron chi connectivity index (χ4n) is 1.69. The van der Waals surface area contributed by atoms with Crippen molar-refractivity contribution in [2.75, 3.05) is 25.5 Å². The van der Waals surface area contributed by atoms with E-state index in [2.05, 4.69) is 51.6 Å². The molecule has 7 nitrogen and oxygen atoms in total. The first-order chi connectivity index (χ1) is 8.72. The largest absolute Gasteiger partial charge is 0.367 e. The predicted octanol–water partition coefficient (Wildman–Crippen LogP) is 0.661. The third-order valence-corrected chi connectivity index (χ3v) is 3.22. The monoisotopic (exact) mass is 249 g/mol. The molecule has 0 aliphatic rings. The summed E-state index contributed by atoms with van der Waals surface area (Å²) < 4.78 is 1.65. The summed E-state index contributed by atoms with van der Waals surface area (Å²) in [5, 5.41) is 14.7. The van der Waals surface area contributed by atoms with Crippen molar-refractivity contribution in [2.45, 2.75) is 26.3 Å². The lowest BCUT2D eigenvalue weighted by Gasteiger charge is -2.23. The summed E-state index contributed by atoms with van der Waals surface area (Å²) in [7, 11) is 2.13. The highest BCUT2D eigenvalue weighted by Gasteiger charge is 2.07. The lowest BCUT2D eigenvalue weighted by molar-refractivity contribution is 0.261. The molecule has 0 fully saturated rings. The molecule has 0 radical (unpaired) electrons. The van der Waals surface area contributed by atoms with Gasteiger partial charge in [-0.15, -0.1) is 5.10 Å². The van der Waals surface area contributed by atoms with Gasteiger partial charge in [-0.2, -0.15) is 4.52 Å². The van der Waals surface area contributed by atoms with Gasteiger partial charge in [0.15, 0.2) is 5.65 Å². The Balaban J connectivity index is 1.92. The molecule has 0 aromatic carbocycles. The lowest BCUT2D eigenvalue weighted by Crippen LogP contribution is -2.32. The maximum atomic E-state index is 4.09. The van der Waals surface area contributed by atoms with Crippen molar-refractivity contribution in [1.82, 2.24) is 29.9 Å². The minimum absolute atomic E-state index is 0.591. The van der Waals surface area contributed by atoms with E-state index >= 15 is 0 Å². The fourth-order valence-corrected chi connectivity index (χ4v) is 1.69. The molecule has 2 aromatic rings. The first kappa shape index (κ1) is 12.7. The van der Waals surface area contributed by atoms with Crippen LogP contribution in [0.15, 0.2) is 12.4 Å². The Bertz CT molecular complexity index is 495. The van der Waals surface area contributed by atoms with Gasteiger partial charge in [0.05, 0.1) is 12.4 Å². The molecule has 0 saturated carbocycles. The highest BCUT2D eigenvalue weighted by atomic mass is 15.5. The van der Waals surface area contributed by atoms with Crippen LogP contribution in [-0.4, -0.2) is 56.1 Å². The van der Waals surface area contributed by atoms with E-state index in [1.165, 1.54) is 0 Å². The quantitative estimate of drug-likeness (QED) is 0.811. The van der Waals surface area contributed by atoms with Gasteiger partial charge in [0.1, 0.15) is 5.82 Å². The van der Waals surface area contributed by atoms with E-state index in [1.54, 1.807) is 16.9 Å². The van der Waals surface area contributed by atoms with Gasteiger partial charge >= 0.3 is 0 Å². The molecule has 2 heterocycles. The molecule has 98 valence electrons. The normalized spacial score (nSPS) is 13.1. The van der Waals surface area contributed by atoms with Gasteiger partial charge in [-0.3, -0.25) is 4.98 Å². The lowest BCUT2D eigenvalue weighted by atomic mass is 10.2. The first-order valence-corrected chi connectivity index (χ1v) is 6.18. The SMILES string of the molecule is CCC(C)N(C)CCNc1cncc2nnnn12. The minimum Gasteiger partial charge on any atom is -0.367 e. The Labute approximate surface area is 106 Å². The van der Waals surface area contributed by atoms with Gasteiger partial charge in [0.2, 0.25) is 0 Å². The van der Waals surface area contributed by atoms with Crippen molar-refractivity contribution in [2.24, 2.45) is 0 Å². The first-order valence-electron chi connectivity index (χ1n) is 6.18. The van der Waals surface area contributed by atoms with Gasteiger partial charge in [-0.1, -0.05) is 6.92 Å². The number of nitrogens with zero attached hydrogens (tertiary/aromatic N) is 6. The van der Waals surface area contributed by atoms with Crippen LogP contribution in [0.1, 0.15) is 20.3 Å². The van der Waals surface area contributed by atoms with Crippen LogP contribution in [0.25, 0.3) is 5.65 Å². The van der Waals surface area contributed by atoms with Crippen molar-refractivity contribution in [1.29, 1.82) is 0 Å². The molecule has 0 aliphatic heterocycles. The molecule has 0 bridgehead atoms. The molecule has 0 aliphatic carbocycles. The Kier molecular flexibility index (Phi) is 4.03. The number of fused-ring (bicyclic) bond motifs is 1. The van der Waals surface area contributed by atoms with Crippen LogP contribution in [0.4, 0.5) is 5.82 Å². The van der Waals surface area contributed by atoms with E-state index in [4.69, 9.17) is 0 Å². The maximum Gasteiger partial charge on any atom is 0.199 e. The average molecular weight is 249 g/mol. The second-order valence-electron chi connectivity index (χ2n) is 4.41. The highest BCUT2D eigenvalue weighted by Crippen LogP contribution is 2.05. The Morgan fingerprint density at radius 1 is 1.44 bits per heavy atom. The van der Waals surface area contributed by atoms with Gasteiger partial charge in [0.25, 0.3) is 0 Å². The number of tetrazole rings is 1. The van der Waals surface area contributed by atoms with E-state index < -0.39 is 0 Å². The summed E-state index contributed by atoms with van der Waals surface area (Å²) in [5.74, 6) is 0.815. The van der Waals surface area contributed by atoms with Crippen LogP contribution in [0.2, 0.25) is 0 Å².